The van der Waals surface area contributed by atoms with Crippen LogP contribution in [0.1, 0.15) is 10.4 Å². The second kappa shape index (κ2) is 10.9. The van der Waals surface area contributed by atoms with Crippen molar-refractivity contribution in [2.45, 2.75) is 0 Å². The summed E-state index contributed by atoms with van der Waals surface area (Å²) in [6.07, 6.45) is 0. The second-order valence-electron chi connectivity index (χ2n) is 8.11. The summed E-state index contributed by atoms with van der Waals surface area (Å²) in [5.41, 5.74) is 3.91. The Morgan fingerprint density at radius 1 is 0.757 bits per heavy atom. The molecule has 0 saturated heterocycles. The number of aromatic nitrogens is 1. The van der Waals surface area contributed by atoms with Crippen LogP contribution in [0.15, 0.2) is 103 Å². The Hall–Kier alpha value is -4.13. The predicted molar refractivity (Wildman–Crippen MR) is 150 cm³/mol. The Kier molecular flexibility index (Phi) is 7.21. The molecule has 1 heterocycles. The van der Waals surface area contributed by atoms with Crippen LogP contribution < -0.4 is 14.4 Å². The van der Waals surface area contributed by atoms with Gasteiger partial charge >= 0.3 is 0 Å². The summed E-state index contributed by atoms with van der Waals surface area (Å²) < 4.78 is 10.6. The number of rotatable bonds is 7. The van der Waals surface area contributed by atoms with Crippen LogP contribution in [0, 0.1) is 0 Å². The summed E-state index contributed by atoms with van der Waals surface area (Å²) in [6, 6.07) is 32.0. The van der Waals surface area contributed by atoms with E-state index < -0.39 is 0 Å². The van der Waals surface area contributed by atoms with Crippen LogP contribution in [0.2, 0.25) is 5.02 Å². The van der Waals surface area contributed by atoms with Crippen LogP contribution in [-0.4, -0.2) is 25.1 Å². The van der Waals surface area contributed by atoms with E-state index in [1.807, 2.05) is 66.7 Å². The molecule has 0 aliphatic rings. The molecular formula is C30H23ClN2O3S. The molecule has 0 N–H and O–H groups in total. The third-order valence-electron chi connectivity index (χ3n) is 5.83. The van der Waals surface area contributed by atoms with Crippen LogP contribution in [0.4, 0.5) is 10.8 Å². The molecule has 4 aromatic carbocycles. The molecule has 5 rings (SSSR count). The van der Waals surface area contributed by atoms with E-state index in [0.29, 0.717) is 27.2 Å². The lowest BCUT2D eigenvalue weighted by Gasteiger charge is -2.20. The molecule has 5 aromatic rings. The Balaban J connectivity index is 1.67. The number of halogens is 1. The van der Waals surface area contributed by atoms with Crippen molar-refractivity contribution in [3.63, 3.8) is 0 Å². The third kappa shape index (κ3) is 5.21. The molecule has 0 aliphatic heterocycles. The first-order valence-corrected chi connectivity index (χ1v) is 12.7. The maximum atomic E-state index is 13.9. The van der Waals surface area contributed by atoms with Gasteiger partial charge in [-0.15, -0.1) is 0 Å². The number of hydrogen-bond acceptors (Lipinski definition) is 5. The molecule has 0 spiro atoms. The number of benzene rings is 4. The molecule has 0 atom stereocenters. The van der Waals surface area contributed by atoms with Crippen molar-refractivity contribution in [1.82, 2.24) is 4.98 Å². The molecule has 0 radical (unpaired) electrons. The van der Waals surface area contributed by atoms with Crippen LogP contribution in [-0.2, 0) is 0 Å². The SMILES string of the molecule is COc1ccc(C(=O)N(c2ccc(Cl)cc2)c2nc(-c3ccc(OC)cc3)c(-c3ccccc3)s2)cc1. The van der Waals surface area contributed by atoms with E-state index in [-0.39, 0.29) is 5.91 Å². The predicted octanol–water partition coefficient (Wildman–Crippen LogP) is 8.13. The van der Waals surface area contributed by atoms with Gasteiger partial charge in [-0.3, -0.25) is 9.69 Å². The first-order valence-electron chi connectivity index (χ1n) is 11.5. The summed E-state index contributed by atoms with van der Waals surface area (Å²) >= 11 is 7.63. The van der Waals surface area contributed by atoms with Crippen LogP contribution in [0.25, 0.3) is 21.7 Å². The molecule has 0 fully saturated rings. The van der Waals surface area contributed by atoms with E-state index in [1.165, 1.54) is 11.3 Å². The fourth-order valence-electron chi connectivity index (χ4n) is 3.90. The van der Waals surface area contributed by atoms with Crippen molar-refractivity contribution in [3.05, 3.63) is 114 Å². The molecule has 5 nitrogen and oxygen atoms in total. The van der Waals surface area contributed by atoms with Crippen LogP contribution in [0.3, 0.4) is 0 Å². The summed E-state index contributed by atoms with van der Waals surface area (Å²) in [5.74, 6) is 1.23. The van der Waals surface area contributed by atoms with E-state index in [2.05, 4.69) is 0 Å². The quantitative estimate of drug-likeness (QED) is 0.215. The van der Waals surface area contributed by atoms with Gasteiger partial charge in [0.1, 0.15) is 11.5 Å². The molecule has 184 valence electrons. The number of methoxy groups -OCH3 is 2. The minimum absolute atomic E-state index is 0.209. The highest BCUT2D eigenvalue weighted by atomic mass is 35.5. The van der Waals surface area contributed by atoms with Gasteiger partial charge in [0.05, 0.1) is 30.5 Å². The summed E-state index contributed by atoms with van der Waals surface area (Å²) in [5, 5.41) is 1.14. The molecule has 1 amide bonds. The van der Waals surface area contributed by atoms with E-state index in [0.717, 1.165) is 27.4 Å². The van der Waals surface area contributed by atoms with Gasteiger partial charge in [0.25, 0.3) is 5.91 Å². The van der Waals surface area contributed by atoms with Gasteiger partial charge in [-0.05, 0) is 78.4 Å². The highest BCUT2D eigenvalue weighted by Gasteiger charge is 2.26. The molecule has 0 saturated carbocycles. The standard InChI is InChI=1S/C30H23ClN2O3S/c1-35-25-16-8-20(9-17-25)27-28(21-6-4-3-5-7-21)37-30(32-27)33(24-14-12-23(31)13-15-24)29(34)22-10-18-26(36-2)19-11-22/h3-19H,1-2H3. The Bertz CT molecular complexity index is 1500. The van der Waals surface area contributed by atoms with Gasteiger partial charge in [-0.2, -0.15) is 0 Å². The fraction of sp³-hybridized carbons (Fsp3) is 0.0667. The van der Waals surface area contributed by atoms with Gasteiger partial charge in [0.2, 0.25) is 0 Å². The summed E-state index contributed by atoms with van der Waals surface area (Å²) in [6.45, 7) is 0. The Morgan fingerprint density at radius 2 is 1.35 bits per heavy atom. The summed E-state index contributed by atoms with van der Waals surface area (Å²) in [7, 11) is 3.23. The average Bonchev–Trinajstić information content (AvgIpc) is 3.39. The number of carbonyl (C=O) groups is 1. The van der Waals surface area contributed by atoms with Crippen molar-refractivity contribution < 1.29 is 14.3 Å². The fourth-order valence-corrected chi connectivity index (χ4v) is 5.14. The number of carbonyl (C=O) groups excluding carboxylic acids is 1. The van der Waals surface area contributed by atoms with Crippen LogP contribution >= 0.6 is 22.9 Å². The highest BCUT2D eigenvalue weighted by Crippen LogP contribution is 2.43. The molecule has 0 bridgehead atoms. The number of amides is 1. The maximum absolute atomic E-state index is 13.9. The number of thiazole rings is 1. The average molecular weight is 527 g/mol. The number of nitrogens with zero attached hydrogens (tertiary/aromatic N) is 2. The zero-order valence-corrected chi connectivity index (χ0v) is 21.8. The number of anilines is 2. The maximum Gasteiger partial charge on any atom is 0.264 e. The largest absolute Gasteiger partial charge is 0.497 e. The van der Waals surface area contributed by atoms with Crippen molar-refractivity contribution in [1.29, 1.82) is 0 Å². The third-order valence-corrected chi connectivity index (χ3v) is 7.17. The van der Waals surface area contributed by atoms with Crippen molar-refractivity contribution in [2.24, 2.45) is 0 Å². The minimum atomic E-state index is -0.209. The Labute approximate surface area is 224 Å². The zero-order valence-electron chi connectivity index (χ0n) is 20.2. The second-order valence-corrected chi connectivity index (χ2v) is 9.53. The van der Waals surface area contributed by atoms with Gasteiger partial charge in [0, 0.05) is 16.1 Å². The molecule has 7 heteroatoms. The topological polar surface area (TPSA) is 51.7 Å². The summed E-state index contributed by atoms with van der Waals surface area (Å²) in [4.78, 5) is 21.5. The highest BCUT2D eigenvalue weighted by molar-refractivity contribution is 7.19. The lowest BCUT2D eigenvalue weighted by atomic mass is 10.1. The van der Waals surface area contributed by atoms with Gasteiger partial charge < -0.3 is 9.47 Å². The lowest BCUT2D eigenvalue weighted by Crippen LogP contribution is -2.25. The van der Waals surface area contributed by atoms with Crippen molar-refractivity contribution in [3.8, 4) is 33.2 Å². The smallest absolute Gasteiger partial charge is 0.264 e. The van der Waals surface area contributed by atoms with E-state index in [9.17, 15) is 4.79 Å². The Morgan fingerprint density at radius 3 is 1.95 bits per heavy atom. The molecule has 37 heavy (non-hydrogen) atoms. The molecule has 0 aliphatic carbocycles. The van der Waals surface area contributed by atoms with Gasteiger partial charge in [0.15, 0.2) is 5.13 Å². The van der Waals surface area contributed by atoms with Gasteiger partial charge in [-0.25, -0.2) is 4.98 Å². The number of hydrogen-bond donors (Lipinski definition) is 0. The van der Waals surface area contributed by atoms with E-state index in [4.69, 9.17) is 26.1 Å². The van der Waals surface area contributed by atoms with Crippen LogP contribution in [0.5, 0.6) is 11.5 Å². The van der Waals surface area contributed by atoms with Crippen molar-refractivity contribution >= 4 is 39.7 Å². The van der Waals surface area contributed by atoms with E-state index >= 15 is 0 Å². The molecular weight excluding hydrogens is 504 g/mol. The minimum Gasteiger partial charge on any atom is -0.497 e. The van der Waals surface area contributed by atoms with Gasteiger partial charge in [-0.1, -0.05) is 53.3 Å². The first-order chi connectivity index (χ1) is 18.1. The number of ether oxygens (including phenoxy) is 2. The zero-order chi connectivity index (χ0) is 25.8. The normalized spacial score (nSPS) is 10.7. The lowest BCUT2D eigenvalue weighted by molar-refractivity contribution is 0.0999. The van der Waals surface area contributed by atoms with E-state index in [1.54, 1.807) is 55.5 Å². The molecule has 1 aromatic heterocycles. The molecule has 0 unspecified atom stereocenters. The van der Waals surface area contributed by atoms with Crippen molar-refractivity contribution in [2.75, 3.05) is 19.1 Å². The first kappa shape index (κ1) is 24.6. The monoisotopic (exact) mass is 526 g/mol.